The van der Waals surface area contributed by atoms with E-state index < -0.39 is 0 Å². The van der Waals surface area contributed by atoms with Gasteiger partial charge in [0.1, 0.15) is 0 Å². The maximum atomic E-state index is 2.59. The van der Waals surface area contributed by atoms with Gasteiger partial charge in [-0.05, 0) is 55.6 Å². The fourth-order valence-corrected chi connectivity index (χ4v) is 4.91. The molecule has 140 valence electrons. The van der Waals surface area contributed by atoms with Crippen LogP contribution in [0.25, 0.3) is 0 Å². The van der Waals surface area contributed by atoms with Crippen molar-refractivity contribution in [3.05, 3.63) is 40.8 Å². The van der Waals surface area contributed by atoms with E-state index in [0.717, 1.165) is 5.92 Å². The van der Waals surface area contributed by atoms with Crippen LogP contribution in [-0.2, 0) is 0 Å². The Bertz CT molecular complexity index is 479. The van der Waals surface area contributed by atoms with Crippen LogP contribution in [0.1, 0.15) is 96.0 Å². The molecule has 0 N–H and O–H groups in total. The van der Waals surface area contributed by atoms with Gasteiger partial charge in [-0.3, -0.25) is 0 Å². The summed E-state index contributed by atoms with van der Waals surface area (Å²) in [4.78, 5) is 3.08. The zero-order chi connectivity index (χ0) is 17.7. The van der Waals surface area contributed by atoms with Gasteiger partial charge in [0.05, 0.1) is 0 Å². The Hall–Kier alpha value is -0.690. The molecule has 1 aromatic rings. The third-order valence-electron chi connectivity index (χ3n) is 5.42. The first-order valence-corrected chi connectivity index (χ1v) is 11.6. The van der Waals surface area contributed by atoms with Crippen LogP contribution < -0.4 is 0 Å². The first-order chi connectivity index (χ1) is 12.3. The van der Waals surface area contributed by atoms with Gasteiger partial charge in [-0.25, -0.2) is 0 Å². The van der Waals surface area contributed by atoms with E-state index in [4.69, 9.17) is 0 Å². The summed E-state index contributed by atoms with van der Waals surface area (Å²) in [5.74, 6) is 0.824. The number of benzene rings is 1. The first-order valence-electron chi connectivity index (χ1n) is 10.7. The summed E-state index contributed by atoms with van der Waals surface area (Å²) in [6.45, 7) is 4.47. The van der Waals surface area contributed by atoms with Gasteiger partial charge in [-0.1, -0.05) is 100 Å². The van der Waals surface area contributed by atoms with Crippen LogP contribution in [0.15, 0.2) is 40.1 Å². The summed E-state index contributed by atoms with van der Waals surface area (Å²) < 4.78 is 0. The van der Waals surface area contributed by atoms with E-state index in [0.29, 0.717) is 0 Å². The standard InChI is InChI=1S/C24H38S/c1-3-4-5-6-7-8-9-13-16-24(22-14-11-10-12-15-22)25-23-19-17-21(2)18-20-23/h16-20,22H,3-15H2,1-2H3/b24-16+. The number of hydrogen-bond acceptors (Lipinski definition) is 1. The maximum absolute atomic E-state index is 2.59. The summed E-state index contributed by atoms with van der Waals surface area (Å²) in [6, 6.07) is 9.09. The number of rotatable bonds is 11. The molecule has 0 nitrogen and oxygen atoms in total. The summed E-state index contributed by atoms with van der Waals surface area (Å²) >= 11 is 2.04. The minimum Gasteiger partial charge on any atom is -0.0946 e. The molecule has 1 aliphatic rings. The predicted octanol–water partition coefficient (Wildman–Crippen LogP) is 8.69. The van der Waals surface area contributed by atoms with Crippen molar-refractivity contribution in [3.63, 3.8) is 0 Å². The Labute approximate surface area is 160 Å². The molecule has 0 saturated heterocycles. The summed E-state index contributed by atoms with van der Waals surface area (Å²) in [5.41, 5.74) is 1.36. The highest BCUT2D eigenvalue weighted by Crippen LogP contribution is 2.39. The van der Waals surface area contributed by atoms with Gasteiger partial charge in [0.15, 0.2) is 0 Å². The Morgan fingerprint density at radius 1 is 0.920 bits per heavy atom. The molecule has 0 amide bonds. The van der Waals surface area contributed by atoms with Crippen molar-refractivity contribution in [2.45, 2.75) is 102 Å². The SMILES string of the molecule is CCCCCCCCC/C=C(/Sc1ccc(C)cc1)C1CCCCC1. The fourth-order valence-electron chi connectivity index (χ4n) is 3.77. The second kappa shape index (κ2) is 12.6. The molecule has 1 heteroatoms. The van der Waals surface area contributed by atoms with Gasteiger partial charge in [0, 0.05) is 4.90 Å². The first kappa shape index (κ1) is 20.6. The smallest absolute Gasteiger partial charge is 0.0119 e. The van der Waals surface area contributed by atoms with Crippen LogP contribution in [0.2, 0.25) is 0 Å². The van der Waals surface area contributed by atoms with E-state index in [-0.39, 0.29) is 0 Å². The normalized spacial score (nSPS) is 16.3. The second-order valence-electron chi connectivity index (χ2n) is 7.77. The van der Waals surface area contributed by atoms with E-state index in [2.05, 4.69) is 44.2 Å². The Balaban J connectivity index is 1.82. The van der Waals surface area contributed by atoms with Crippen molar-refractivity contribution in [1.29, 1.82) is 0 Å². The van der Waals surface area contributed by atoms with Gasteiger partial charge in [-0.2, -0.15) is 0 Å². The van der Waals surface area contributed by atoms with Crippen molar-refractivity contribution in [3.8, 4) is 0 Å². The molecule has 25 heavy (non-hydrogen) atoms. The van der Waals surface area contributed by atoms with Crippen molar-refractivity contribution < 1.29 is 0 Å². The van der Waals surface area contributed by atoms with Crippen molar-refractivity contribution >= 4 is 11.8 Å². The highest BCUT2D eigenvalue weighted by atomic mass is 32.2. The molecule has 0 heterocycles. The number of thioether (sulfide) groups is 1. The quantitative estimate of drug-likeness (QED) is 0.281. The van der Waals surface area contributed by atoms with Gasteiger partial charge >= 0.3 is 0 Å². The third-order valence-corrected chi connectivity index (χ3v) is 6.66. The Kier molecular flexibility index (Phi) is 10.4. The van der Waals surface area contributed by atoms with Gasteiger partial charge in [0.2, 0.25) is 0 Å². The molecule has 0 unspecified atom stereocenters. The van der Waals surface area contributed by atoms with Crippen molar-refractivity contribution in [1.82, 2.24) is 0 Å². The molecule has 0 aromatic heterocycles. The van der Waals surface area contributed by atoms with E-state index in [9.17, 15) is 0 Å². The van der Waals surface area contributed by atoms with E-state index in [1.807, 2.05) is 11.8 Å². The molecular weight excluding hydrogens is 320 g/mol. The average molecular weight is 359 g/mol. The molecule has 1 aromatic carbocycles. The van der Waals surface area contributed by atoms with E-state index >= 15 is 0 Å². The number of allylic oxidation sites excluding steroid dienone is 2. The lowest BCUT2D eigenvalue weighted by Gasteiger charge is -2.24. The molecule has 0 aliphatic heterocycles. The van der Waals surface area contributed by atoms with Crippen LogP contribution in [0.5, 0.6) is 0 Å². The number of hydrogen-bond donors (Lipinski definition) is 0. The largest absolute Gasteiger partial charge is 0.0946 e. The molecule has 0 radical (unpaired) electrons. The van der Waals surface area contributed by atoms with Gasteiger partial charge in [0.25, 0.3) is 0 Å². The molecular formula is C24H38S. The Morgan fingerprint density at radius 3 is 2.24 bits per heavy atom. The minimum atomic E-state index is 0.824. The highest BCUT2D eigenvalue weighted by Gasteiger charge is 2.18. The maximum Gasteiger partial charge on any atom is 0.0119 e. The zero-order valence-corrected chi connectivity index (χ0v) is 17.4. The van der Waals surface area contributed by atoms with Crippen LogP contribution in [0.3, 0.4) is 0 Å². The Morgan fingerprint density at radius 2 is 1.56 bits per heavy atom. The lowest BCUT2D eigenvalue weighted by atomic mass is 9.88. The lowest BCUT2D eigenvalue weighted by Crippen LogP contribution is -2.07. The predicted molar refractivity (Wildman–Crippen MR) is 114 cm³/mol. The zero-order valence-electron chi connectivity index (χ0n) is 16.6. The summed E-state index contributed by atoms with van der Waals surface area (Å²) in [6.07, 6.45) is 20.8. The number of aryl methyl sites for hydroxylation is 1. The fraction of sp³-hybridized carbons (Fsp3) is 0.667. The molecule has 0 atom stereocenters. The van der Waals surface area contributed by atoms with Crippen molar-refractivity contribution in [2.75, 3.05) is 0 Å². The molecule has 1 aliphatic carbocycles. The molecule has 0 bridgehead atoms. The van der Waals surface area contributed by atoms with Gasteiger partial charge < -0.3 is 0 Å². The van der Waals surface area contributed by atoms with E-state index in [1.54, 1.807) is 4.91 Å². The van der Waals surface area contributed by atoms with Crippen LogP contribution in [0.4, 0.5) is 0 Å². The van der Waals surface area contributed by atoms with E-state index in [1.165, 1.54) is 93.9 Å². The monoisotopic (exact) mass is 358 g/mol. The van der Waals surface area contributed by atoms with Crippen molar-refractivity contribution in [2.24, 2.45) is 5.92 Å². The molecule has 0 spiro atoms. The topological polar surface area (TPSA) is 0 Å². The lowest BCUT2D eigenvalue weighted by molar-refractivity contribution is 0.414. The highest BCUT2D eigenvalue weighted by molar-refractivity contribution is 8.03. The van der Waals surface area contributed by atoms with Gasteiger partial charge in [-0.15, -0.1) is 0 Å². The second-order valence-corrected chi connectivity index (χ2v) is 8.91. The summed E-state index contributed by atoms with van der Waals surface area (Å²) in [5, 5.41) is 0. The minimum absolute atomic E-state index is 0.824. The van der Waals surface area contributed by atoms with Crippen LogP contribution >= 0.6 is 11.8 Å². The molecule has 1 saturated carbocycles. The molecule has 1 fully saturated rings. The third kappa shape index (κ3) is 8.49. The van der Waals surface area contributed by atoms with Crippen LogP contribution in [-0.4, -0.2) is 0 Å². The molecule has 2 rings (SSSR count). The summed E-state index contributed by atoms with van der Waals surface area (Å²) in [7, 11) is 0. The number of unbranched alkanes of at least 4 members (excludes halogenated alkanes) is 7. The average Bonchev–Trinajstić information content (AvgIpc) is 2.65. The van der Waals surface area contributed by atoms with Crippen LogP contribution in [0, 0.1) is 12.8 Å².